The first-order chi connectivity index (χ1) is 9.95. The number of likely N-dealkylation sites (N-methyl/N-ethyl adjacent to an activating group) is 1. The maximum absolute atomic E-state index is 10.6. The van der Waals surface area contributed by atoms with Crippen LogP contribution in [0.3, 0.4) is 0 Å². The molecule has 1 aliphatic rings. The second-order valence-electron chi connectivity index (χ2n) is 6.07. The molecule has 1 aliphatic heterocycles. The van der Waals surface area contributed by atoms with Gasteiger partial charge in [0.2, 0.25) is 0 Å². The molecule has 0 aromatic carbocycles. The van der Waals surface area contributed by atoms with E-state index >= 15 is 0 Å². The number of hydrogen-bond acceptors (Lipinski definition) is 6. The fraction of sp³-hybridized carbons (Fsp3) is 0.733. The minimum absolute atomic E-state index is 0.135. The Morgan fingerprint density at radius 1 is 1.38 bits per heavy atom. The lowest BCUT2D eigenvalue weighted by atomic mass is 9.94. The van der Waals surface area contributed by atoms with Crippen molar-refractivity contribution in [2.45, 2.75) is 44.8 Å². The van der Waals surface area contributed by atoms with Crippen LogP contribution in [0.5, 0.6) is 0 Å². The third-order valence-electron chi connectivity index (χ3n) is 3.90. The van der Waals surface area contributed by atoms with Crippen molar-refractivity contribution in [2.75, 3.05) is 31.7 Å². The Labute approximate surface area is 125 Å². The molecule has 0 radical (unpaired) electrons. The van der Waals surface area contributed by atoms with E-state index in [4.69, 9.17) is 4.74 Å². The number of aliphatic hydroxyl groups excluding tert-OH is 1. The van der Waals surface area contributed by atoms with Crippen LogP contribution < -0.4 is 4.90 Å². The van der Waals surface area contributed by atoms with E-state index in [-0.39, 0.29) is 12.5 Å². The van der Waals surface area contributed by atoms with Crippen LogP contribution in [0, 0.1) is 0 Å². The summed E-state index contributed by atoms with van der Waals surface area (Å²) in [4.78, 5) is 10.7. The molecule has 6 heteroatoms. The van der Waals surface area contributed by atoms with Gasteiger partial charge in [0, 0.05) is 45.6 Å². The molecule has 1 aromatic rings. The van der Waals surface area contributed by atoms with E-state index in [9.17, 15) is 10.2 Å². The van der Waals surface area contributed by atoms with Crippen molar-refractivity contribution in [3.63, 3.8) is 0 Å². The molecule has 6 nitrogen and oxygen atoms in total. The summed E-state index contributed by atoms with van der Waals surface area (Å²) in [6.07, 6.45) is 2.98. The maximum atomic E-state index is 10.6. The molecule has 0 bridgehead atoms. The molecule has 0 saturated carbocycles. The lowest BCUT2D eigenvalue weighted by Crippen LogP contribution is -2.46. The molecule has 0 amide bonds. The first-order valence-electron chi connectivity index (χ1n) is 7.43. The Kier molecular flexibility index (Phi) is 5.13. The third-order valence-corrected chi connectivity index (χ3v) is 3.90. The fourth-order valence-electron chi connectivity index (χ4n) is 2.58. The molecule has 2 heterocycles. The molecular weight excluding hydrogens is 270 g/mol. The van der Waals surface area contributed by atoms with Crippen molar-refractivity contribution in [2.24, 2.45) is 0 Å². The molecule has 0 aliphatic carbocycles. The Morgan fingerprint density at radius 2 is 2.05 bits per heavy atom. The second kappa shape index (κ2) is 6.68. The molecule has 118 valence electrons. The van der Waals surface area contributed by atoms with Crippen LogP contribution in [0.1, 0.15) is 44.1 Å². The molecule has 0 atom stereocenters. The zero-order chi connectivity index (χ0) is 15.5. The summed E-state index contributed by atoms with van der Waals surface area (Å²) in [5.74, 6) is 0.940. The van der Waals surface area contributed by atoms with Crippen LogP contribution in [0.15, 0.2) is 6.20 Å². The van der Waals surface area contributed by atoms with Crippen molar-refractivity contribution >= 4 is 5.69 Å². The van der Waals surface area contributed by atoms with E-state index in [2.05, 4.69) is 9.97 Å². The first kappa shape index (κ1) is 16.1. The summed E-state index contributed by atoms with van der Waals surface area (Å²) < 4.78 is 5.30. The molecule has 0 spiro atoms. The molecule has 1 saturated heterocycles. The van der Waals surface area contributed by atoms with Gasteiger partial charge in [0.25, 0.3) is 0 Å². The van der Waals surface area contributed by atoms with Crippen LogP contribution in [0.25, 0.3) is 0 Å². The normalized spacial score (nSPS) is 18.0. The van der Waals surface area contributed by atoms with Gasteiger partial charge in [-0.1, -0.05) is 13.8 Å². The molecule has 1 fully saturated rings. The number of aromatic nitrogens is 2. The van der Waals surface area contributed by atoms with Gasteiger partial charge in [0.1, 0.15) is 5.82 Å². The average molecular weight is 295 g/mol. The molecular formula is C15H25N3O3. The van der Waals surface area contributed by atoms with Crippen LogP contribution >= 0.6 is 0 Å². The van der Waals surface area contributed by atoms with E-state index in [1.807, 2.05) is 25.8 Å². The highest BCUT2D eigenvalue weighted by Gasteiger charge is 2.31. The lowest BCUT2D eigenvalue weighted by Gasteiger charge is -2.36. The highest BCUT2D eigenvalue weighted by molar-refractivity contribution is 5.48. The average Bonchev–Trinajstić information content (AvgIpc) is 2.46. The van der Waals surface area contributed by atoms with Crippen molar-refractivity contribution in [3.05, 3.63) is 17.7 Å². The summed E-state index contributed by atoms with van der Waals surface area (Å²) >= 11 is 0. The zero-order valence-corrected chi connectivity index (χ0v) is 13.0. The monoisotopic (exact) mass is 295 g/mol. The van der Waals surface area contributed by atoms with Gasteiger partial charge in [-0.05, 0) is 0 Å². The van der Waals surface area contributed by atoms with Gasteiger partial charge >= 0.3 is 0 Å². The third kappa shape index (κ3) is 3.90. The Bertz CT molecular complexity index is 473. The predicted octanol–water partition coefficient (Wildman–Crippen LogP) is 1.07. The molecule has 2 N–H and O–H groups in total. The van der Waals surface area contributed by atoms with E-state index in [0.29, 0.717) is 38.3 Å². The molecule has 0 unspecified atom stereocenters. The topological polar surface area (TPSA) is 78.7 Å². The van der Waals surface area contributed by atoms with Crippen molar-refractivity contribution in [1.29, 1.82) is 0 Å². The van der Waals surface area contributed by atoms with E-state index < -0.39 is 5.60 Å². The summed E-state index contributed by atoms with van der Waals surface area (Å²) in [6.45, 7) is 5.55. The quantitative estimate of drug-likeness (QED) is 0.846. The van der Waals surface area contributed by atoms with Crippen LogP contribution in [0.2, 0.25) is 0 Å². The highest BCUT2D eigenvalue weighted by Crippen LogP contribution is 2.26. The van der Waals surface area contributed by atoms with Crippen molar-refractivity contribution in [3.8, 4) is 0 Å². The lowest BCUT2D eigenvalue weighted by molar-refractivity contribution is -0.0573. The van der Waals surface area contributed by atoms with Gasteiger partial charge in [0.05, 0.1) is 29.8 Å². The van der Waals surface area contributed by atoms with E-state index in [1.165, 1.54) is 0 Å². The Hall–Kier alpha value is -1.24. The van der Waals surface area contributed by atoms with Gasteiger partial charge in [-0.3, -0.25) is 0 Å². The smallest absolute Gasteiger partial charge is 0.131 e. The van der Waals surface area contributed by atoms with Crippen LogP contribution in [-0.2, 0) is 11.3 Å². The standard InChI is InChI=1S/C15H25N3O3/c1-11(2)14-16-8-13(12(9-19)17-14)18(3)10-15(20)4-6-21-7-5-15/h8,11,19-20H,4-7,9-10H2,1-3H3. The minimum atomic E-state index is -0.754. The van der Waals surface area contributed by atoms with Crippen LogP contribution in [-0.4, -0.2) is 52.6 Å². The predicted molar refractivity (Wildman–Crippen MR) is 80.3 cm³/mol. The second-order valence-corrected chi connectivity index (χ2v) is 6.07. The van der Waals surface area contributed by atoms with Crippen molar-refractivity contribution < 1.29 is 14.9 Å². The number of rotatable bonds is 5. The summed E-state index contributed by atoms with van der Waals surface area (Å²) in [5.41, 5.74) is 0.616. The molecule has 1 aromatic heterocycles. The number of nitrogens with zero attached hydrogens (tertiary/aromatic N) is 3. The van der Waals surface area contributed by atoms with Gasteiger partial charge < -0.3 is 19.8 Å². The first-order valence-corrected chi connectivity index (χ1v) is 7.43. The Morgan fingerprint density at radius 3 is 2.62 bits per heavy atom. The van der Waals surface area contributed by atoms with Gasteiger partial charge in [0.15, 0.2) is 0 Å². The Balaban J connectivity index is 2.16. The van der Waals surface area contributed by atoms with Crippen LogP contribution in [0.4, 0.5) is 5.69 Å². The number of anilines is 1. The van der Waals surface area contributed by atoms with E-state index in [0.717, 1.165) is 11.5 Å². The fourth-order valence-corrected chi connectivity index (χ4v) is 2.58. The number of ether oxygens (including phenoxy) is 1. The van der Waals surface area contributed by atoms with Crippen molar-refractivity contribution in [1.82, 2.24) is 9.97 Å². The molecule has 21 heavy (non-hydrogen) atoms. The zero-order valence-electron chi connectivity index (χ0n) is 13.0. The van der Waals surface area contributed by atoms with Gasteiger partial charge in [-0.2, -0.15) is 0 Å². The summed E-state index contributed by atoms with van der Waals surface area (Å²) in [7, 11) is 1.89. The highest BCUT2D eigenvalue weighted by atomic mass is 16.5. The largest absolute Gasteiger partial charge is 0.390 e. The van der Waals surface area contributed by atoms with E-state index in [1.54, 1.807) is 6.20 Å². The SMILES string of the molecule is CC(C)c1ncc(N(C)CC2(O)CCOCC2)c(CO)n1. The number of aliphatic hydroxyl groups is 2. The molecule has 2 rings (SSSR count). The summed E-state index contributed by atoms with van der Waals surface area (Å²) in [5, 5.41) is 20.1. The summed E-state index contributed by atoms with van der Waals surface area (Å²) in [6, 6.07) is 0. The van der Waals surface area contributed by atoms with Gasteiger partial charge in [-0.15, -0.1) is 0 Å². The number of hydrogen-bond donors (Lipinski definition) is 2. The minimum Gasteiger partial charge on any atom is -0.390 e. The van der Waals surface area contributed by atoms with Gasteiger partial charge in [-0.25, -0.2) is 9.97 Å². The maximum Gasteiger partial charge on any atom is 0.131 e.